The summed E-state index contributed by atoms with van der Waals surface area (Å²) in [6.07, 6.45) is 23.5. The van der Waals surface area contributed by atoms with Gasteiger partial charge in [-0.3, -0.25) is 0 Å². The van der Waals surface area contributed by atoms with E-state index in [1.807, 2.05) is 30.3 Å². The summed E-state index contributed by atoms with van der Waals surface area (Å²) in [7, 11) is -3.65. The summed E-state index contributed by atoms with van der Waals surface area (Å²) in [6, 6.07) is 9.58. The normalized spacial score (nSPS) is 13.5. The molecule has 0 aromatic heterocycles. The minimum atomic E-state index is -3.65. The first-order valence-electron chi connectivity index (χ1n) is 15.3. The third-order valence-corrected chi connectivity index (χ3v) is 16.9. The number of hydrogen-bond donors (Lipinski definition) is 0. The average molecular weight is 543 g/mol. The van der Waals surface area contributed by atoms with Gasteiger partial charge in [0, 0.05) is 0 Å². The Kier molecular flexibility index (Phi) is 17.5. The van der Waals surface area contributed by atoms with Crippen molar-refractivity contribution < 1.29 is 12.4 Å². The molecule has 0 atom stereocenters. The van der Waals surface area contributed by atoms with Crippen molar-refractivity contribution in [2.75, 3.05) is 24.6 Å². The van der Waals surface area contributed by atoms with E-state index in [4.69, 9.17) is 3.97 Å². The Morgan fingerprint density at radius 2 is 0.944 bits per heavy atom. The van der Waals surface area contributed by atoms with Gasteiger partial charge in [-0.15, -0.1) is 0 Å². The van der Waals surface area contributed by atoms with Gasteiger partial charge in [0.2, 0.25) is 0 Å². The molecule has 1 rings (SSSR count). The summed E-state index contributed by atoms with van der Waals surface area (Å²) in [5, 5.41) is 0. The van der Waals surface area contributed by atoms with Crippen LogP contribution in [0.1, 0.15) is 136 Å². The van der Waals surface area contributed by atoms with Crippen LogP contribution in [0.5, 0.6) is 0 Å². The fraction of sp³-hybridized carbons (Fsp3) is 0.806. The topological polar surface area (TPSA) is 43.4 Å². The van der Waals surface area contributed by atoms with Crippen LogP contribution in [0.15, 0.2) is 30.3 Å². The van der Waals surface area contributed by atoms with Crippen LogP contribution in [0.25, 0.3) is 0 Å². The number of unbranched alkanes of at least 4 members (excludes halogenated alkanes) is 12. The van der Waals surface area contributed by atoms with Crippen LogP contribution in [-0.4, -0.2) is 33.1 Å². The predicted octanol–water partition coefficient (Wildman–Crippen LogP) is 10.3. The quantitative estimate of drug-likeness (QED) is 0.0964. The Morgan fingerprint density at radius 1 is 0.556 bits per heavy atom. The minimum absolute atomic E-state index is 0.00581. The van der Waals surface area contributed by atoms with Crippen LogP contribution in [0.3, 0.4) is 0 Å². The van der Waals surface area contributed by atoms with Crippen LogP contribution in [0.4, 0.5) is 0 Å². The van der Waals surface area contributed by atoms with Crippen molar-refractivity contribution in [2.45, 2.75) is 136 Å². The van der Waals surface area contributed by atoms with Gasteiger partial charge in [-0.05, 0) is 0 Å². The van der Waals surface area contributed by atoms with E-state index in [1.165, 1.54) is 57.8 Å². The van der Waals surface area contributed by atoms with Gasteiger partial charge in [-0.25, -0.2) is 0 Å². The zero-order valence-electron chi connectivity index (χ0n) is 24.3. The van der Waals surface area contributed by atoms with Gasteiger partial charge in [-0.2, -0.15) is 0 Å². The van der Waals surface area contributed by atoms with Gasteiger partial charge in [0.25, 0.3) is 0 Å². The van der Waals surface area contributed by atoms with E-state index in [0.29, 0.717) is 0 Å². The molecular formula is C31H59O3PS. The van der Waals surface area contributed by atoms with Crippen molar-refractivity contribution in [3.05, 3.63) is 35.9 Å². The van der Waals surface area contributed by atoms with Crippen LogP contribution < -0.4 is 0 Å². The van der Waals surface area contributed by atoms with E-state index in [2.05, 4.69) is 27.7 Å². The van der Waals surface area contributed by atoms with E-state index in [1.54, 1.807) is 0 Å². The summed E-state index contributed by atoms with van der Waals surface area (Å²) >= 11 is 0. The summed E-state index contributed by atoms with van der Waals surface area (Å²) in [5.74, 6) is -0.00581. The van der Waals surface area contributed by atoms with Crippen molar-refractivity contribution >= 4 is 16.9 Å². The molecule has 212 valence electrons. The maximum atomic E-state index is 13.6. The molecule has 0 heterocycles. The fourth-order valence-electron chi connectivity index (χ4n) is 5.62. The molecule has 0 aliphatic rings. The molecule has 0 amide bonds. The first-order chi connectivity index (χ1) is 17.3. The Hall–Kier alpha value is -0.440. The van der Waals surface area contributed by atoms with E-state index < -0.39 is 16.9 Å². The van der Waals surface area contributed by atoms with E-state index >= 15 is 0 Å². The molecule has 36 heavy (non-hydrogen) atoms. The molecule has 0 saturated carbocycles. The van der Waals surface area contributed by atoms with Gasteiger partial charge in [0.15, 0.2) is 0 Å². The standard InChI is InChI=1S/C31H59O3PS/c1-5-9-13-14-15-16-17-18-19-23-29-35(26-10-6-2,27-11-7-3,28-12-8-4)34-36(32,33)30-31-24-21-20-22-25-31/h20-22,24-25H,5-19,23,26-30H2,1-4H3. The van der Waals surface area contributed by atoms with Crippen molar-refractivity contribution in [3.8, 4) is 0 Å². The monoisotopic (exact) mass is 542 g/mol. The Bertz CT molecular complexity index is 739. The zero-order chi connectivity index (χ0) is 26.6. The second kappa shape index (κ2) is 18.8. The number of benzene rings is 1. The summed E-state index contributed by atoms with van der Waals surface area (Å²) < 4.78 is 33.9. The summed E-state index contributed by atoms with van der Waals surface area (Å²) in [4.78, 5) is 0. The Morgan fingerprint density at radius 3 is 1.39 bits per heavy atom. The molecule has 0 saturated heterocycles. The zero-order valence-corrected chi connectivity index (χ0v) is 26.0. The first kappa shape index (κ1) is 33.6. The molecule has 5 heteroatoms. The Balaban J connectivity index is 2.99. The van der Waals surface area contributed by atoms with Crippen molar-refractivity contribution in [1.29, 1.82) is 0 Å². The molecule has 0 aliphatic carbocycles. The molecule has 0 bridgehead atoms. The molecule has 0 spiro atoms. The second-order valence-corrected chi connectivity index (χ2v) is 18.8. The molecular weight excluding hydrogens is 483 g/mol. The molecule has 1 aromatic carbocycles. The second-order valence-electron chi connectivity index (χ2n) is 11.3. The molecule has 0 fully saturated rings. The molecule has 0 N–H and O–H groups in total. The average Bonchev–Trinajstić information content (AvgIpc) is 2.86. The maximum absolute atomic E-state index is 13.6. The molecule has 0 aliphatic heterocycles. The number of rotatable bonds is 24. The fourth-order valence-corrected chi connectivity index (χ4v) is 15.9. The van der Waals surface area contributed by atoms with Crippen molar-refractivity contribution in [2.24, 2.45) is 0 Å². The molecule has 0 radical (unpaired) electrons. The van der Waals surface area contributed by atoms with Crippen LogP contribution in [0, 0.1) is 0 Å². The van der Waals surface area contributed by atoms with Gasteiger partial charge < -0.3 is 0 Å². The van der Waals surface area contributed by atoms with E-state index in [-0.39, 0.29) is 5.75 Å². The van der Waals surface area contributed by atoms with Gasteiger partial charge in [0.1, 0.15) is 0 Å². The van der Waals surface area contributed by atoms with Crippen LogP contribution in [-0.2, 0) is 19.8 Å². The van der Waals surface area contributed by atoms with Gasteiger partial charge >= 0.3 is 226 Å². The molecule has 0 unspecified atom stereocenters. The van der Waals surface area contributed by atoms with Crippen molar-refractivity contribution in [1.82, 2.24) is 0 Å². The first-order valence-corrected chi connectivity index (χ1v) is 19.8. The third-order valence-electron chi connectivity index (χ3n) is 7.82. The van der Waals surface area contributed by atoms with Crippen LogP contribution >= 0.6 is 6.83 Å². The van der Waals surface area contributed by atoms with E-state index in [0.717, 1.165) is 75.2 Å². The van der Waals surface area contributed by atoms with Gasteiger partial charge in [0.05, 0.1) is 0 Å². The van der Waals surface area contributed by atoms with Gasteiger partial charge in [-0.1, -0.05) is 0 Å². The Labute approximate surface area is 225 Å². The molecule has 1 aromatic rings. The van der Waals surface area contributed by atoms with Crippen molar-refractivity contribution in [3.63, 3.8) is 0 Å². The SMILES string of the molecule is CCCCCCCCCCCCP(CCCC)(CCCC)(CCCC)OS(=O)(=O)Cc1ccccc1. The molecule has 3 nitrogen and oxygen atoms in total. The summed E-state index contributed by atoms with van der Waals surface area (Å²) in [6.45, 7) is 6.07. The van der Waals surface area contributed by atoms with E-state index in [9.17, 15) is 8.42 Å². The summed E-state index contributed by atoms with van der Waals surface area (Å²) in [5.41, 5.74) is 0.828. The van der Waals surface area contributed by atoms with Crippen LogP contribution in [0.2, 0.25) is 0 Å². The third kappa shape index (κ3) is 13.4. The number of hydrogen-bond acceptors (Lipinski definition) is 3. The predicted molar refractivity (Wildman–Crippen MR) is 163 cm³/mol.